The molecule has 0 unspecified atom stereocenters. The molecule has 6 aliphatic heterocycles. The monoisotopic (exact) mass is 1460 g/mol. The van der Waals surface area contributed by atoms with Gasteiger partial charge in [0.1, 0.15) is 6.61 Å². The van der Waals surface area contributed by atoms with Gasteiger partial charge in [-0.1, -0.05) is 114 Å². The molecule has 26 nitrogen and oxygen atoms in total. The SMILES string of the molecule is C.C.CC(=O)OCC(=O)N1CCN(C(=O)C2=Cc3ccccc3-c3c(C4CCCCC4)c4ccc(C(=O)NS(=O)(=O)N5CCOCC5)cc4n3C2)CC1.O=C(NS(=O)(=O)N1CCOCC1)c1ccc2c(C3CCCCC3)c3n(c2c1)CC(C(=O)N1CCN(C(=O)CO)CC1)=Cc1ccccc1-3.[Na+].[OH-]. The van der Waals surface area contributed by atoms with Crippen LogP contribution in [-0.4, -0.2) is 224 Å². The fourth-order valence-corrected chi connectivity index (χ4v) is 17.7. The summed E-state index contributed by atoms with van der Waals surface area (Å²) in [6.07, 6.45) is 15.0. The molecule has 2 saturated carbocycles. The number of hydrogen-bond donors (Lipinski definition) is 3. The minimum absolute atomic E-state index is 0. The van der Waals surface area contributed by atoms with Crippen LogP contribution in [0.4, 0.5) is 0 Å². The second-order valence-electron chi connectivity index (χ2n) is 26.5. The van der Waals surface area contributed by atoms with Crippen LogP contribution in [0.5, 0.6) is 0 Å². The molecule has 6 fully saturated rings. The van der Waals surface area contributed by atoms with Crippen molar-refractivity contribution >= 4 is 95.8 Å². The van der Waals surface area contributed by atoms with Gasteiger partial charge in [0.05, 0.1) is 50.9 Å². The van der Waals surface area contributed by atoms with E-state index in [1.54, 1.807) is 43.9 Å². The maximum Gasteiger partial charge on any atom is 1.00 e. The van der Waals surface area contributed by atoms with Crippen molar-refractivity contribution in [1.29, 1.82) is 0 Å². The van der Waals surface area contributed by atoms with E-state index in [1.165, 1.54) is 39.5 Å². The fraction of sp³-hybridized carbons (Fsp3) is 0.473. The molecule has 0 radical (unpaired) electrons. The second kappa shape index (κ2) is 34.5. The van der Waals surface area contributed by atoms with E-state index in [0.29, 0.717) is 75.3 Å². The largest absolute Gasteiger partial charge is 1.00 e. The minimum Gasteiger partial charge on any atom is -0.870 e. The number of benzene rings is 4. The van der Waals surface area contributed by atoms with Gasteiger partial charge in [-0.05, 0) is 96.2 Å². The number of ether oxygens (including phenoxy) is 3. The van der Waals surface area contributed by atoms with Gasteiger partial charge in [0, 0.05) is 141 Å². The molecule has 103 heavy (non-hydrogen) atoms. The number of esters is 1. The van der Waals surface area contributed by atoms with Crippen LogP contribution in [0.15, 0.2) is 96.1 Å². The van der Waals surface area contributed by atoms with E-state index in [4.69, 9.17) is 14.2 Å². The smallest absolute Gasteiger partial charge is 0.870 e. The minimum atomic E-state index is -4.07. The molecule has 0 bridgehead atoms. The zero-order chi connectivity index (χ0) is 69.1. The Kier molecular flexibility index (Phi) is 26.7. The Hall–Kier alpha value is -7.61. The number of aliphatic hydroxyl groups is 1. The molecule has 8 aliphatic rings. The number of fused-ring (bicyclic) bond motifs is 10. The van der Waals surface area contributed by atoms with Gasteiger partial charge < -0.3 is 53.5 Å². The van der Waals surface area contributed by atoms with E-state index in [-0.39, 0.29) is 157 Å². The van der Waals surface area contributed by atoms with Gasteiger partial charge in [-0.3, -0.25) is 33.6 Å². The zero-order valence-electron chi connectivity index (χ0n) is 57.1. The van der Waals surface area contributed by atoms with Gasteiger partial charge in [0.2, 0.25) is 5.91 Å². The first-order chi connectivity index (χ1) is 47.8. The number of morpholine rings is 2. The van der Waals surface area contributed by atoms with E-state index >= 15 is 0 Å². The number of amides is 6. The van der Waals surface area contributed by atoms with Crippen molar-refractivity contribution in [2.24, 2.45) is 0 Å². The average Bonchev–Trinajstić information content (AvgIpc) is 1.58. The Morgan fingerprint density at radius 2 is 0.874 bits per heavy atom. The number of carbonyl (C=O) groups is 7. The summed E-state index contributed by atoms with van der Waals surface area (Å²) in [5, 5.41) is 11.3. The van der Waals surface area contributed by atoms with E-state index in [1.807, 2.05) is 60.7 Å². The van der Waals surface area contributed by atoms with Crippen molar-refractivity contribution in [3.8, 4) is 22.5 Å². The summed E-state index contributed by atoms with van der Waals surface area (Å²) in [6, 6.07) is 26.9. The van der Waals surface area contributed by atoms with Gasteiger partial charge in [-0.25, -0.2) is 9.44 Å². The van der Waals surface area contributed by atoms with Gasteiger partial charge in [-0.15, -0.1) is 0 Å². The molecule has 6 amide bonds. The summed E-state index contributed by atoms with van der Waals surface area (Å²) in [7, 11) is -8.12. The number of nitrogens with one attached hydrogen (secondary N) is 2. The molecule has 4 saturated heterocycles. The van der Waals surface area contributed by atoms with Crippen LogP contribution >= 0.6 is 0 Å². The first-order valence-electron chi connectivity index (χ1n) is 34.5. The molecule has 4 N–H and O–H groups in total. The number of nitrogens with zero attached hydrogens (tertiary/aromatic N) is 8. The van der Waals surface area contributed by atoms with Crippen LogP contribution in [-0.2, 0) is 71.7 Å². The van der Waals surface area contributed by atoms with Crippen molar-refractivity contribution < 1.29 is 105 Å². The second-order valence-corrected chi connectivity index (χ2v) is 29.9. The van der Waals surface area contributed by atoms with E-state index < -0.39 is 44.8 Å². The molecular formula is C74H93N10NaO16S2. The molecule has 6 aromatic rings. The van der Waals surface area contributed by atoms with Crippen LogP contribution < -0.4 is 39.0 Å². The average molecular weight is 1470 g/mol. The number of aromatic nitrogens is 2. The molecule has 2 aliphatic carbocycles. The standard InChI is InChI=1S/C37H43N5O8S.C35H41N5O7S.2CH4.Na.H2O/c1-25(43)50-24-33(44)39-13-15-40(16-14-39)37(46)29-21-27-9-5-6-10-30(27)35-34(26-7-3-2-4-8-26)31-12-11-28(22-32(31)42(35)23-29)36(45)38-51(47,48)41-17-19-49-20-18-41;41-23-31(42)37-12-14-38(15-13-37)35(44)27-20-25-8-4-5-9-28(25)33-32(24-6-2-1-3-7-24)29-11-10-26(21-30(29)40(33)22-27)34(43)36-48(45,46)39-16-18-47-19-17-39;;;;/h5-6,9-12,21-22,26H,2-4,7-8,13-20,23-24H2,1H3,(H,38,45);4-5,8-11,20-21,24,41H,1-3,6-7,12-19,22-23H2,(H,36,43);2*1H4;;1H2/q;;;;+1;/p-1. The molecule has 2 aromatic heterocycles. The summed E-state index contributed by atoms with van der Waals surface area (Å²) in [5.41, 5.74) is 11.4. The number of hydrogen-bond acceptors (Lipinski definition) is 16. The van der Waals surface area contributed by atoms with Gasteiger partial charge in [-0.2, -0.15) is 25.4 Å². The van der Waals surface area contributed by atoms with Crippen LogP contribution in [0.1, 0.15) is 141 Å². The quantitative estimate of drug-likeness (QED) is 0.108. The Morgan fingerprint density at radius 3 is 1.25 bits per heavy atom. The van der Waals surface area contributed by atoms with Crippen LogP contribution in [0.2, 0.25) is 0 Å². The third-order valence-corrected chi connectivity index (χ3v) is 23.5. The van der Waals surface area contributed by atoms with Crippen molar-refractivity contribution in [3.63, 3.8) is 0 Å². The third-order valence-electron chi connectivity index (χ3n) is 20.5. The number of piperazine rings is 2. The van der Waals surface area contributed by atoms with Crippen molar-refractivity contribution in [2.45, 2.75) is 111 Å². The number of carbonyl (C=O) groups excluding carboxylic acids is 7. The Morgan fingerprint density at radius 1 is 0.505 bits per heavy atom. The summed E-state index contributed by atoms with van der Waals surface area (Å²) in [5.74, 6) is -2.27. The van der Waals surface area contributed by atoms with E-state index in [0.717, 1.165) is 107 Å². The van der Waals surface area contributed by atoms with E-state index in [9.17, 15) is 55.5 Å². The Bertz CT molecular complexity index is 4460. The molecular weight excluding hydrogens is 1370 g/mol. The summed E-state index contributed by atoms with van der Waals surface area (Å²) in [6.45, 7) is 5.38. The van der Waals surface area contributed by atoms with Crippen LogP contribution in [0.3, 0.4) is 0 Å². The maximum atomic E-state index is 14.3. The third kappa shape index (κ3) is 17.0. The predicted octanol–water partition coefficient (Wildman–Crippen LogP) is 4.12. The first-order valence-corrected chi connectivity index (χ1v) is 37.3. The number of rotatable bonds is 13. The predicted molar refractivity (Wildman–Crippen MR) is 385 cm³/mol. The zero-order valence-corrected chi connectivity index (χ0v) is 60.7. The molecule has 29 heteroatoms. The van der Waals surface area contributed by atoms with Crippen molar-refractivity contribution in [2.75, 3.05) is 118 Å². The first kappa shape index (κ1) is 79.5. The van der Waals surface area contributed by atoms with Crippen molar-refractivity contribution in [1.82, 2.24) is 46.8 Å². The van der Waals surface area contributed by atoms with Crippen molar-refractivity contribution in [3.05, 3.63) is 129 Å². The maximum absolute atomic E-state index is 14.3. The van der Waals surface area contributed by atoms with Gasteiger partial charge in [0.15, 0.2) is 6.61 Å². The van der Waals surface area contributed by atoms with Gasteiger partial charge >= 0.3 is 55.9 Å². The molecule has 14 rings (SSSR count). The van der Waals surface area contributed by atoms with E-state index in [2.05, 4.69) is 30.7 Å². The molecule has 8 heterocycles. The summed E-state index contributed by atoms with van der Waals surface area (Å²) < 4.78 is 78.9. The number of aliphatic hydroxyl groups excluding tert-OH is 1. The summed E-state index contributed by atoms with van der Waals surface area (Å²) in [4.78, 5) is 97.9. The Balaban J connectivity index is 0.000000231. The van der Waals surface area contributed by atoms with Crippen LogP contribution in [0, 0.1) is 0 Å². The molecule has 0 atom stereocenters. The fourth-order valence-electron chi connectivity index (χ4n) is 15.4. The normalized spacial score (nSPS) is 18.3. The summed E-state index contributed by atoms with van der Waals surface area (Å²) >= 11 is 0. The molecule has 548 valence electrons. The topological polar surface area (TPSA) is 319 Å². The Labute approximate surface area is 624 Å². The van der Waals surface area contributed by atoms with Gasteiger partial charge in [0.25, 0.3) is 29.5 Å². The van der Waals surface area contributed by atoms with Crippen LogP contribution in [0.25, 0.3) is 56.5 Å². The molecule has 0 spiro atoms. The molecule has 4 aromatic carbocycles.